The van der Waals surface area contributed by atoms with Gasteiger partial charge in [-0.25, -0.2) is 22.1 Å². The van der Waals surface area contributed by atoms with E-state index in [2.05, 4.69) is 15.2 Å². The highest BCUT2D eigenvalue weighted by atomic mass is 32.2. The molecule has 0 fully saturated rings. The first-order valence-electron chi connectivity index (χ1n) is 8.89. The second-order valence-electron chi connectivity index (χ2n) is 6.52. The third kappa shape index (κ3) is 2.84. The van der Waals surface area contributed by atoms with Gasteiger partial charge in [0.15, 0.2) is 11.6 Å². The Kier molecular flexibility index (Phi) is 4.26. The maximum absolute atomic E-state index is 13.4. The summed E-state index contributed by atoms with van der Waals surface area (Å²) < 4.78 is 42.6. The number of para-hydroxylation sites is 2. The van der Waals surface area contributed by atoms with Gasteiger partial charge < -0.3 is 0 Å². The lowest BCUT2D eigenvalue weighted by atomic mass is 10.2. The van der Waals surface area contributed by atoms with Crippen LogP contribution in [0.2, 0.25) is 0 Å². The molecule has 0 aliphatic carbocycles. The number of halogens is 1. The SMILES string of the molecule is CN(c1nc2ccccc2n2c(-c3ccc(F)cc3)nnc12)S(=O)(=O)c1cccs1. The van der Waals surface area contributed by atoms with E-state index in [0.29, 0.717) is 22.4 Å². The van der Waals surface area contributed by atoms with E-state index < -0.39 is 10.0 Å². The number of hydrogen-bond donors (Lipinski definition) is 0. The van der Waals surface area contributed by atoms with Gasteiger partial charge in [0.2, 0.25) is 5.65 Å². The minimum atomic E-state index is -3.81. The minimum absolute atomic E-state index is 0.156. The van der Waals surface area contributed by atoms with Crippen molar-refractivity contribution >= 4 is 43.9 Å². The smallest absolute Gasteiger partial charge is 0.270 e. The van der Waals surface area contributed by atoms with E-state index in [1.807, 2.05) is 18.2 Å². The molecule has 7 nitrogen and oxygen atoms in total. The van der Waals surface area contributed by atoms with E-state index in [-0.39, 0.29) is 21.5 Å². The largest absolute Gasteiger partial charge is 0.274 e. The second kappa shape index (κ2) is 6.85. The zero-order chi connectivity index (χ0) is 20.9. The zero-order valence-corrected chi connectivity index (χ0v) is 17.2. The Morgan fingerprint density at radius 3 is 2.50 bits per heavy atom. The van der Waals surface area contributed by atoms with Gasteiger partial charge in [-0.1, -0.05) is 18.2 Å². The first-order valence-corrected chi connectivity index (χ1v) is 11.2. The lowest BCUT2D eigenvalue weighted by Gasteiger charge is -2.18. The molecule has 5 rings (SSSR count). The average molecular weight is 439 g/mol. The number of sulfonamides is 1. The zero-order valence-electron chi connectivity index (χ0n) is 15.6. The lowest BCUT2D eigenvalue weighted by Crippen LogP contribution is -2.27. The fourth-order valence-corrected chi connectivity index (χ4v) is 5.53. The molecular weight excluding hydrogens is 425 g/mol. The Labute approximate surface area is 175 Å². The van der Waals surface area contributed by atoms with Gasteiger partial charge >= 0.3 is 0 Å². The standard InChI is InChI=1S/C20H14FN5O2S2/c1-25(30(27,28)17-7-4-12-29-17)19-20-24-23-18(13-8-10-14(21)11-9-13)26(20)16-6-3-2-5-15(16)22-19/h2-12H,1H3. The Balaban J connectivity index is 1.80. The first kappa shape index (κ1) is 18.6. The van der Waals surface area contributed by atoms with E-state index in [1.165, 1.54) is 19.2 Å². The number of anilines is 1. The molecule has 2 aromatic carbocycles. The van der Waals surface area contributed by atoms with Gasteiger partial charge in [0.1, 0.15) is 10.0 Å². The van der Waals surface area contributed by atoms with Crippen LogP contribution in [-0.2, 0) is 10.0 Å². The summed E-state index contributed by atoms with van der Waals surface area (Å²) in [4.78, 5) is 4.57. The maximum Gasteiger partial charge on any atom is 0.274 e. The molecule has 0 spiro atoms. The summed E-state index contributed by atoms with van der Waals surface area (Å²) in [5, 5.41) is 10.2. The third-order valence-electron chi connectivity index (χ3n) is 4.72. The van der Waals surface area contributed by atoms with Crippen LogP contribution in [0, 0.1) is 5.82 Å². The second-order valence-corrected chi connectivity index (χ2v) is 9.66. The molecule has 0 saturated carbocycles. The van der Waals surface area contributed by atoms with Crippen molar-refractivity contribution in [3.8, 4) is 11.4 Å². The Morgan fingerprint density at radius 1 is 1.00 bits per heavy atom. The first-order chi connectivity index (χ1) is 14.5. The van der Waals surface area contributed by atoms with Crippen molar-refractivity contribution in [3.05, 3.63) is 71.9 Å². The molecule has 0 radical (unpaired) electrons. The van der Waals surface area contributed by atoms with Gasteiger partial charge in [-0.2, -0.15) is 0 Å². The van der Waals surface area contributed by atoms with Crippen molar-refractivity contribution in [1.29, 1.82) is 0 Å². The molecule has 0 bridgehead atoms. The van der Waals surface area contributed by atoms with E-state index in [0.717, 1.165) is 15.6 Å². The highest BCUT2D eigenvalue weighted by molar-refractivity contribution is 7.94. The van der Waals surface area contributed by atoms with Crippen LogP contribution in [0.25, 0.3) is 28.1 Å². The topological polar surface area (TPSA) is 80.5 Å². The predicted molar refractivity (Wildman–Crippen MR) is 114 cm³/mol. The normalized spacial score (nSPS) is 11.9. The number of fused-ring (bicyclic) bond motifs is 3. The summed E-state index contributed by atoms with van der Waals surface area (Å²) >= 11 is 1.13. The highest BCUT2D eigenvalue weighted by Crippen LogP contribution is 2.31. The molecule has 5 aromatic rings. The van der Waals surface area contributed by atoms with Crippen LogP contribution >= 0.6 is 11.3 Å². The van der Waals surface area contributed by atoms with Crippen LogP contribution < -0.4 is 4.31 Å². The molecule has 0 saturated heterocycles. The summed E-state index contributed by atoms with van der Waals surface area (Å²) in [7, 11) is -2.37. The minimum Gasteiger partial charge on any atom is -0.270 e. The van der Waals surface area contributed by atoms with Crippen molar-refractivity contribution in [1.82, 2.24) is 19.6 Å². The van der Waals surface area contributed by atoms with Crippen LogP contribution in [-0.4, -0.2) is 35.0 Å². The quantitative estimate of drug-likeness (QED) is 0.423. The van der Waals surface area contributed by atoms with Crippen molar-refractivity contribution < 1.29 is 12.8 Å². The van der Waals surface area contributed by atoms with Gasteiger partial charge in [0.05, 0.1) is 11.0 Å². The fourth-order valence-electron chi connectivity index (χ4n) is 3.23. The molecule has 0 unspecified atom stereocenters. The van der Waals surface area contributed by atoms with Crippen molar-refractivity contribution in [2.45, 2.75) is 4.21 Å². The molecule has 0 N–H and O–H groups in total. The fraction of sp³-hybridized carbons (Fsp3) is 0.0500. The van der Waals surface area contributed by atoms with Crippen LogP contribution in [0.15, 0.2) is 70.3 Å². The summed E-state index contributed by atoms with van der Waals surface area (Å²) in [6.45, 7) is 0. The third-order valence-corrected chi connectivity index (χ3v) is 7.84. The number of rotatable bonds is 4. The summed E-state index contributed by atoms with van der Waals surface area (Å²) in [6, 6.07) is 16.4. The van der Waals surface area contributed by atoms with Gasteiger partial charge in [0, 0.05) is 12.6 Å². The number of aromatic nitrogens is 4. The Morgan fingerprint density at radius 2 is 1.77 bits per heavy atom. The molecule has 3 aromatic heterocycles. The van der Waals surface area contributed by atoms with E-state index in [4.69, 9.17) is 0 Å². The van der Waals surface area contributed by atoms with Crippen LogP contribution in [0.4, 0.5) is 10.2 Å². The average Bonchev–Trinajstić information content (AvgIpc) is 3.44. The molecule has 10 heteroatoms. The molecule has 0 amide bonds. The summed E-state index contributed by atoms with van der Waals surface area (Å²) in [6.07, 6.45) is 0. The molecule has 150 valence electrons. The van der Waals surface area contributed by atoms with Crippen LogP contribution in [0.1, 0.15) is 0 Å². The van der Waals surface area contributed by atoms with Gasteiger partial charge in [-0.3, -0.25) is 4.40 Å². The number of thiophene rings is 1. The monoisotopic (exact) mass is 439 g/mol. The highest BCUT2D eigenvalue weighted by Gasteiger charge is 2.27. The van der Waals surface area contributed by atoms with Crippen LogP contribution in [0.3, 0.4) is 0 Å². The lowest BCUT2D eigenvalue weighted by molar-refractivity contribution is 0.596. The number of hydrogen-bond acceptors (Lipinski definition) is 6. The van der Waals surface area contributed by atoms with Gasteiger partial charge in [-0.05, 0) is 47.8 Å². The van der Waals surface area contributed by atoms with Gasteiger partial charge in [0.25, 0.3) is 10.0 Å². The van der Waals surface area contributed by atoms with Crippen LogP contribution in [0.5, 0.6) is 0 Å². The van der Waals surface area contributed by atoms with E-state index >= 15 is 0 Å². The number of nitrogens with zero attached hydrogens (tertiary/aromatic N) is 5. The molecule has 0 atom stereocenters. The molecule has 3 heterocycles. The molecule has 0 aliphatic heterocycles. The molecule has 0 aliphatic rings. The van der Waals surface area contributed by atoms with Crippen molar-refractivity contribution in [2.75, 3.05) is 11.4 Å². The van der Waals surface area contributed by atoms with Crippen molar-refractivity contribution in [3.63, 3.8) is 0 Å². The Bertz CT molecular complexity index is 1480. The predicted octanol–water partition coefficient (Wildman–Crippen LogP) is 3.97. The van der Waals surface area contributed by atoms with E-state index in [1.54, 1.807) is 40.1 Å². The number of benzene rings is 2. The summed E-state index contributed by atoms with van der Waals surface area (Å²) in [5.41, 5.74) is 2.23. The maximum atomic E-state index is 13.4. The molecular formula is C20H14FN5O2S2. The summed E-state index contributed by atoms with van der Waals surface area (Å²) in [5.74, 6) is 0.260. The van der Waals surface area contributed by atoms with Crippen molar-refractivity contribution in [2.24, 2.45) is 0 Å². The molecule has 30 heavy (non-hydrogen) atoms. The Hall–Kier alpha value is -3.37. The van der Waals surface area contributed by atoms with Gasteiger partial charge in [-0.15, -0.1) is 21.5 Å². The van der Waals surface area contributed by atoms with E-state index in [9.17, 15) is 12.8 Å².